The number of hydrogen-bond acceptors (Lipinski definition) is 6. The van der Waals surface area contributed by atoms with Crippen LogP contribution in [0.4, 0.5) is 5.69 Å². The van der Waals surface area contributed by atoms with Crippen LogP contribution in [0.5, 0.6) is 11.5 Å². The molecule has 0 radical (unpaired) electrons. The highest BCUT2D eigenvalue weighted by atomic mass is 32.2. The highest BCUT2D eigenvalue weighted by molar-refractivity contribution is 7.99. The Bertz CT molecular complexity index is 960. The first kappa shape index (κ1) is 19.5. The maximum Gasteiger partial charge on any atom is 0.240 e. The van der Waals surface area contributed by atoms with Gasteiger partial charge in [-0.3, -0.25) is 4.79 Å². The number of benzene rings is 2. The lowest BCUT2D eigenvalue weighted by Gasteiger charge is -2.12. The predicted octanol–water partition coefficient (Wildman–Crippen LogP) is 2.62. The number of carbonyl (C=O) groups excluding carboxylic acids is 1. The molecule has 2 aromatic rings. The zero-order valence-corrected chi connectivity index (χ0v) is 16.6. The molecule has 0 unspecified atom stereocenters. The van der Waals surface area contributed by atoms with Crippen molar-refractivity contribution in [3.63, 3.8) is 0 Å². The summed E-state index contributed by atoms with van der Waals surface area (Å²) in [4.78, 5) is 12.7. The van der Waals surface area contributed by atoms with Gasteiger partial charge in [0, 0.05) is 23.6 Å². The molecule has 1 heterocycles. The first-order chi connectivity index (χ1) is 12.9. The Morgan fingerprint density at radius 3 is 2.63 bits per heavy atom. The van der Waals surface area contributed by atoms with E-state index >= 15 is 0 Å². The number of anilines is 1. The van der Waals surface area contributed by atoms with E-state index in [0.717, 1.165) is 10.5 Å². The van der Waals surface area contributed by atoms with Crippen LogP contribution in [0.2, 0.25) is 0 Å². The van der Waals surface area contributed by atoms with Crippen molar-refractivity contribution >= 4 is 33.4 Å². The van der Waals surface area contributed by atoms with Crippen LogP contribution in [0.25, 0.3) is 0 Å². The van der Waals surface area contributed by atoms with Gasteiger partial charge in [-0.1, -0.05) is 6.07 Å². The van der Waals surface area contributed by atoms with Crippen molar-refractivity contribution in [2.24, 2.45) is 0 Å². The van der Waals surface area contributed by atoms with Crippen molar-refractivity contribution < 1.29 is 22.7 Å². The molecule has 0 aromatic heterocycles. The van der Waals surface area contributed by atoms with Crippen LogP contribution in [0, 0.1) is 0 Å². The zero-order valence-electron chi connectivity index (χ0n) is 14.9. The highest BCUT2D eigenvalue weighted by Crippen LogP contribution is 2.33. The molecule has 1 amide bonds. The van der Waals surface area contributed by atoms with Crippen LogP contribution < -0.4 is 19.5 Å². The van der Waals surface area contributed by atoms with Gasteiger partial charge in [-0.15, -0.1) is 11.8 Å². The van der Waals surface area contributed by atoms with Gasteiger partial charge < -0.3 is 14.8 Å². The van der Waals surface area contributed by atoms with E-state index in [9.17, 15) is 13.2 Å². The van der Waals surface area contributed by atoms with Gasteiger partial charge in [0.1, 0.15) is 0 Å². The summed E-state index contributed by atoms with van der Waals surface area (Å²) in [6, 6.07) is 9.95. The molecule has 2 N–H and O–H groups in total. The van der Waals surface area contributed by atoms with Crippen molar-refractivity contribution in [1.29, 1.82) is 0 Å². The minimum Gasteiger partial charge on any atom is -0.493 e. The van der Waals surface area contributed by atoms with Crippen LogP contribution in [0.3, 0.4) is 0 Å². The van der Waals surface area contributed by atoms with E-state index in [1.54, 1.807) is 30.3 Å². The van der Waals surface area contributed by atoms with Gasteiger partial charge in [-0.25, -0.2) is 13.1 Å². The van der Waals surface area contributed by atoms with Gasteiger partial charge >= 0.3 is 0 Å². The number of carbonyl (C=O) groups is 1. The van der Waals surface area contributed by atoms with Crippen LogP contribution in [0.1, 0.15) is 12.0 Å². The highest BCUT2D eigenvalue weighted by Gasteiger charge is 2.19. The molecule has 0 aliphatic carbocycles. The number of hydrogen-bond donors (Lipinski definition) is 2. The van der Waals surface area contributed by atoms with Crippen molar-refractivity contribution in [2.75, 3.05) is 25.3 Å². The quantitative estimate of drug-likeness (QED) is 0.763. The fourth-order valence-corrected chi connectivity index (χ4v) is 4.60. The van der Waals surface area contributed by atoms with E-state index in [2.05, 4.69) is 10.0 Å². The van der Waals surface area contributed by atoms with Crippen LogP contribution in [0.15, 0.2) is 46.2 Å². The molecule has 9 heteroatoms. The van der Waals surface area contributed by atoms with Gasteiger partial charge in [-0.05, 0) is 35.9 Å². The minimum absolute atomic E-state index is 0.0981. The molecule has 0 fully saturated rings. The minimum atomic E-state index is -3.74. The Morgan fingerprint density at radius 2 is 1.89 bits per heavy atom. The number of thioether (sulfide) groups is 1. The number of sulfonamides is 1. The maximum atomic E-state index is 12.6. The van der Waals surface area contributed by atoms with Gasteiger partial charge in [0.15, 0.2) is 11.5 Å². The predicted molar refractivity (Wildman–Crippen MR) is 104 cm³/mol. The molecule has 0 spiro atoms. The van der Waals surface area contributed by atoms with Gasteiger partial charge in [0.2, 0.25) is 15.9 Å². The third kappa shape index (κ3) is 4.55. The lowest BCUT2D eigenvalue weighted by molar-refractivity contribution is -0.115. The van der Waals surface area contributed by atoms with E-state index in [1.165, 1.54) is 32.0 Å². The molecule has 1 aliphatic rings. The fourth-order valence-electron chi connectivity index (χ4n) is 2.62. The SMILES string of the molecule is COc1ccc(CNS(=O)(=O)c2ccc3c(c2)NC(=O)CCS3)cc1OC. The summed E-state index contributed by atoms with van der Waals surface area (Å²) in [5.41, 5.74) is 1.26. The van der Waals surface area contributed by atoms with Crippen LogP contribution >= 0.6 is 11.8 Å². The summed E-state index contributed by atoms with van der Waals surface area (Å²) < 4.78 is 38.3. The Balaban J connectivity index is 1.78. The van der Waals surface area contributed by atoms with Gasteiger partial charge in [-0.2, -0.15) is 0 Å². The van der Waals surface area contributed by atoms with Crippen molar-refractivity contribution in [2.45, 2.75) is 22.8 Å². The number of amides is 1. The Kier molecular flexibility index (Phi) is 5.93. The monoisotopic (exact) mass is 408 g/mol. The largest absolute Gasteiger partial charge is 0.493 e. The molecular weight excluding hydrogens is 388 g/mol. The summed E-state index contributed by atoms with van der Waals surface area (Å²) in [5.74, 6) is 1.65. The summed E-state index contributed by atoms with van der Waals surface area (Å²) in [7, 11) is -0.680. The molecule has 1 aliphatic heterocycles. The Labute approximate surface area is 162 Å². The van der Waals surface area contributed by atoms with Gasteiger partial charge in [0.25, 0.3) is 0 Å². The third-order valence-electron chi connectivity index (χ3n) is 4.04. The summed E-state index contributed by atoms with van der Waals surface area (Å²) in [6.45, 7) is 0.0981. The second-order valence-electron chi connectivity index (χ2n) is 5.82. The third-order valence-corrected chi connectivity index (χ3v) is 6.51. The molecule has 0 saturated carbocycles. The number of fused-ring (bicyclic) bond motifs is 1. The Hall–Kier alpha value is -2.23. The molecule has 27 heavy (non-hydrogen) atoms. The second-order valence-corrected chi connectivity index (χ2v) is 8.72. The standard InChI is InChI=1S/C18H20N2O5S2/c1-24-15-5-3-12(9-16(15)25-2)11-19-27(22,23)13-4-6-17-14(10-13)20-18(21)7-8-26-17/h3-6,9-10,19H,7-8,11H2,1-2H3,(H,20,21). The summed E-state index contributed by atoms with van der Waals surface area (Å²) in [5, 5.41) is 2.75. The van der Waals surface area contributed by atoms with Gasteiger partial charge in [0.05, 0.1) is 24.8 Å². The second kappa shape index (κ2) is 8.20. The molecule has 3 rings (SSSR count). The van der Waals surface area contributed by atoms with E-state index in [-0.39, 0.29) is 17.3 Å². The molecule has 144 valence electrons. The smallest absolute Gasteiger partial charge is 0.240 e. The first-order valence-corrected chi connectivity index (χ1v) is 10.7. The normalized spacial score (nSPS) is 14.1. The summed E-state index contributed by atoms with van der Waals surface area (Å²) in [6.07, 6.45) is 0.402. The molecule has 0 bridgehead atoms. The lowest BCUT2D eigenvalue weighted by atomic mass is 10.2. The number of ether oxygens (including phenoxy) is 2. The van der Waals surface area contributed by atoms with Crippen molar-refractivity contribution in [3.8, 4) is 11.5 Å². The topological polar surface area (TPSA) is 93.7 Å². The van der Waals surface area contributed by atoms with E-state index in [0.29, 0.717) is 29.4 Å². The number of nitrogens with one attached hydrogen (secondary N) is 2. The zero-order chi connectivity index (χ0) is 19.4. The molecule has 0 atom stereocenters. The molecule has 2 aromatic carbocycles. The lowest BCUT2D eigenvalue weighted by Crippen LogP contribution is -2.23. The molecule has 0 saturated heterocycles. The van der Waals surface area contributed by atoms with E-state index < -0.39 is 10.0 Å². The van der Waals surface area contributed by atoms with Crippen molar-refractivity contribution in [1.82, 2.24) is 4.72 Å². The Morgan fingerprint density at radius 1 is 1.11 bits per heavy atom. The average Bonchev–Trinajstić information content (AvgIpc) is 2.85. The first-order valence-electron chi connectivity index (χ1n) is 8.20. The van der Waals surface area contributed by atoms with Crippen molar-refractivity contribution in [3.05, 3.63) is 42.0 Å². The number of methoxy groups -OCH3 is 2. The molecular formula is C18H20N2O5S2. The summed E-state index contributed by atoms with van der Waals surface area (Å²) >= 11 is 1.53. The van der Waals surface area contributed by atoms with E-state index in [1.807, 2.05) is 0 Å². The number of rotatable bonds is 6. The fraction of sp³-hybridized carbons (Fsp3) is 0.278. The molecule has 7 nitrogen and oxygen atoms in total. The average molecular weight is 409 g/mol. The van der Waals surface area contributed by atoms with Crippen LogP contribution in [-0.2, 0) is 21.4 Å². The maximum absolute atomic E-state index is 12.6. The van der Waals surface area contributed by atoms with Crippen LogP contribution in [-0.4, -0.2) is 34.3 Å². The van der Waals surface area contributed by atoms with E-state index in [4.69, 9.17) is 9.47 Å².